The Bertz CT molecular complexity index is 1410. The normalized spacial score (nSPS) is 33.4. The molecule has 6 nitrogen and oxygen atoms in total. The average Bonchev–Trinajstić information content (AvgIpc) is 3.31. The first-order valence-corrected chi connectivity index (χ1v) is 15.4. The van der Waals surface area contributed by atoms with Gasteiger partial charge in [-0.05, 0) is 76.3 Å². The van der Waals surface area contributed by atoms with Crippen molar-refractivity contribution in [2.24, 2.45) is 10.4 Å². The van der Waals surface area contributed by atoms with Crippen LogP contribution in [0, 0.1) is 11.2 Å². The lowest BCUT2D eigenvalue weighted by molar-refractivity contribution is -0.151. The van der Waals surface area contributed by atoms with Gasteiger partial charge in [-0.25, -0.2) is 17.2 Å². The summed E-state index contributed by atoms with van der Waals surface area (Å²) in [5.74, 6) is 0.375. The maximum absolute atomic E-state index is 14.4. The van der Waals surface area contributed by atoms with E-state index in [0.29, 0.717) is 44.3 Å². The molecule has 2 aliphatic heterocycles. The van der Waals surface area contributed by atoms with Crippen LogP contribution >= 0.6 is 11.6 Å². The number of hydrogen-bond donors (Lipinski definition) is 1. The Morgan fingerprint density at radius 1 is 1.13 bits per heavy atom. The van der Waals surface area contributed by atoms with Gasteiger partial charge in [0, 0.05) is 37.1 Å². The van der Waals surface area contributed by atoms with Crippen molar-refractivity contribution in [3.8, 4) is 0 Å². The molecule has 0 aromatic heterocycles. The van der Waals surface area contributed by atoms with Gasteiger partial charge < -0.3 is 5.32 Å². The minimum Gasteiger partial charge on any atom is -0.366 e. The lowest BCUT2D eigenvalue weighted by atomic mass is 9.38. The number of hydrogen-bond acceptors (Lipinski definition) is 5. The number of likely N-dealkylation sites (tertiary alicyclic amines) is 1. The highest BCUT2D eigenvalue weighted by Crippen LogP contribution is 2.71. The summed E-state index contributed by atoms with van der Waals surface area (Å²) < 4.78 is 58.1. The number of halogens is 3. The quantitative estimate of drug-likeness (QED) is 0.471. The van der Waals surface area contributed by atoms with Crippen LogP contribution in [0.2, 0.25) is 5.02 Å². The van der Waals surface area contributed by atoms with Crippen LogP contribution in [0.3, 0.4) is 0 Å². The van der Waals surface area contributed by atoms with Gasteiger partial charge >= 0.3 is 0 Å². The second-order valence-corrected chi connectivity index (χ2v) is 15.1. The molecule has 210 valence electrons. The fourth-order valence-electron chi connectivity index (χ4n) is 6.97. The van der Waals surface area contributed by atoms with Gasteiger partial charge in [-0.2, -0.15) is 4.31 Å². The first-order valence-electron chi connectivity index (χ1n) is 13.5. The standard InChI is InChI=1S/C29H35ClF2N4O2S/c1-26(2)24(15-35-12-11-27(3,32)19-35)33-25(34-26)28-16-29(17-28,18-28)36(14-20-9-10-22(30)23(31)13-20)39(37,38)21-7-5-4-6-8-21/h4-10,13,24H,11-12,14-19H2,1-3H3,(H,33,34)/t24-,27?,28?,29?/m0/s1. The van der Waals surface area contributed by atoms with Crippen molar-refractivity contribution in [2.45, 2.75) is 80.7 Å². The molecule has 10 heteroatoms. The molecule has 0 radical (unpaired) electrons. The summed E-state index contributed by atoms with van der Waals surface area (Å²) in [7, 11) is -3.84. The van der Waals surface area contributed by atoms with Gasteiger partial charge in [-0.15, -0.1) is 0 Å². The zero-order chi connectivity index (χ0) is 27.8. The number of alkyl halides is 1. The molecule has 3 saturated carbocycles. The van der Waals surface area contributed by atoms with Gasteiger partial charge in [0.2, 0.25) is 10.0 Å². The number of rotatable bonds is 8. The Morgan fingerprint density at radius 2 is 1.82 bits per heavy atom. The molecule has 2 heterocycles. The van der Waals surface area contributed by atoms with E-state index in [0.717, 1.165) is 12.4 Å². The zero-order valence-corrected chi connectivity index (χ0v) is 24.1. The second kappa shape index (κ2) is 8.96. The van der Waals surface area contributed by atoms with Gasteiger partial charge in [-0.3, -0.25) is 9.89 Å². The average molecular weight is 577 g/mol. The maximum Gasteiger partial charge on any atom is 0.243 e. The van der Waals surface area contributed by atoms with E-state index in [-0.39, 0.29) is 33.5 Å². The van der Waals surface area contributed by atoms with E-state index in [2.05, 4.69) is 24.1 Å². The van der Waals surface area contributed by atoms with Crippen LogP contribution in [-0.4, -0.2) is 65.9 Å². The summed E-state index contributed by atoms with van der Waals surface area (Å²) in [6, 6.07) is 12.9. The predicted molar refractivity (Wildman–Crippen MR) is 149 cm³/mol. The summed E-state index contributed by atoms with van der Waals surface area (Å²) in [6.07, 6.45) is 2.51. The Labute approximate surface area is 234 Å². The molecule has 0 amide bonds. The van der Waals surface area contributed by atoms with E-state index < -0.39 is 27.0 Å². The second-order valence-electron chi connectivity index (χ2n) is 12.8. The molecule has 2 atom stereocenters. The van der Waals surface area contributed by atoms with Crippen LogP contribution in [0.5, 0.6) is 0 Å². The van der Waals surface area contributed by atoms with Crippen LogP contribution in [0.25, 0.3) is 0 Å². The fraction of sp³-hybridized carbons (Fsp3) is 0.552. The predicted octanol–water partition coefficient (Wildman–Crippen LogP) is 5.18. The molecule has 2 aromatic rings. The SMILES string of the molecule is CC1(F)CCN(C[C@@H]2N=C(C34CC(N(Cc5ccc(Cl)c(F)c5)S(=O)(=O)c5ccccc5)(C3)C4)NC2(C)C)C1. The lowest BCUT2D eigenvalue weighted by Crippen LogP contribution is -2.78. The highest BCUT2D eigenvalue weighted by atomic mass is 35.5. The molecule has 0 spiro atoms. The largest absolute Gasteiger partial charge is 0.366 e. The van der Waals surface area contributed by atoms with Crippen molar-refractivity contribution in [1.82, 2.24) is 14.5 Å². The third kappa shape index (κ3) is 4.59. The molecule has 7 rings (SSSR count). The van der Waals surface area contributed by atoms with Crippen molar-refractivity contribution in [3.05, 3.63) is 64.9 Å². The van der Waals surface area contributed by atoms with Crippen molar-refractivity contribution >= 4 is 27.5 Å². The first-order chi connectivity index (χ1) is 18.2. The van der Waals surface area contributed by atoms with E-state index in [4.69, 9.17) is 16.6 Å². The van der Waals surface area contributed by atoms with Crippen LogP contribution in [0.1, 0.15) is 52.0 Å². The number of nitrogens with one attached hydrogen (secondary N) is 1. The van der Waals surface area contributed by atoms with Gasteiger partial charge in [0.25, 0.3) is 0 Å². The molecule has 1 N–H and O–H groups in total. The minimum atomic E-state index is -3.84. The Kier molecular flexibility index (Phi) is 6.23. The number of amidine groups is 1. The molecular weight excluding hydrogens is 542 g/mol. The lowest BCUT2D eigenvalue weighted by Gasteiger charge is -2.73. The van der Waals surface area contributed by atoms with Gasteiger partial charge in [0.15, 0.2) is 0 Å². The topological polar surface area (TPSA) is 65.0 Å². The smallest absolute Gasteiger partial charge is 0.243 e. The van der Waals surface area contributed by atoms with Gasteiger partial charge in [0.05, 0.1) is 21.5 Å². The van der Waals surface area contributed by atoms with Crippen LogP contribution in [0.4, 0.5) is 8.78 Å². The maximum atomic E-state index is 14.4. The van der Waals surface area contributed by atoms with Crippen molar-refractivity contribution in [3.63, 3.8) is 0 Å². The summed E-state index contributed by atoms with van der Waals surface area (Å²) in [5.41, 5.74) is -1.62. The van der Waals surface area contributed by atoms with E-state index >= 15 is 0 Å². The zero-order valence-electron chi connectivity index (χ0n) is 22.6. The van der Waals surface area contributed by atoms with Crippen molar-refractivity contribution in [1.29, 1.82) is 0 Å². The molecule has 3 aliphatic carbocycles. The Morgan fingerprint density at radius 3 is 2.44 bits per heavy atom. The molecule has 1 unspecified atom stereocenters. The van der Waals surface area contributed by atoms with Crippen LogP contribution in [-0.2, 0) is 16.6 Å². The summed E-state index contributed by atoms with van der Waals surface area (Å²) in [5, 5.41) is 3.65. The minimum absolute atomic E-state index is 0.00688. The summed E-state index contributed by atoms with van der Waals surface area (Å²) in [4.78, 5) is 7.49. The number of benzene rings is 2. The molecule has 39 heavy (non-hydrogen) atoms. The van der Waals surface area contributed by atoms with E-state index in [1.807, 2.05) is 0 Å². The molecule has 1 saturated heterocycles. The molecule has 2 bridgehead atoms. The Hall–Kier alpha value is -2.07. The molecular formula is C29H35ClF2N4O2S. The van der Waals surface area contributed by atoms with Gasteiger partial charge in [0.1, 0.15) is 17.3 Å². The summed E-state index contributed by atoms with van der Waals surface area (Å²) in [6.45, 7) is 7.83. The van der Waals surface area contributed by atoms with Crippen LogP contribution in [0.15, 0.2) is 58.4 Å². The number of aliphatic imine (C=N–C) groups is 1. The van der Waals surface area contributed by atoms with Gasteiger partial charge in [-0.1, -0.05) is 35.9 Å². The van der Waals surface area contributed by atoms with E-state index in [1.54, 1.807) is 47.6 Å². The molecule has 2 aromatic carbocycles. The highest BCUT2D eigenvalue weighted by Gasteiger charge is 2.75. The van der Waals surface area contributed by atoms with Crippen molar-refractivity contribution < 1.29 is 17.2 Å². The van der Waals surface area contributed by atoms with E-state index in [1.165, 1.54) is 12.1 Å². The van der Waals surface area contributed by atoms with Crippen LogP contribution < -0.4 is 5.32 Å². The molecule has 5 aliphatic rings. The fourth-order valence-corrected chi connectivity index (χ4v) is 8.87. The highest BCUT2D eigenvalue weighted by molar-refractivity contribution is 7.89. The number of sulfonamides is 1. The Balaban J connectivity index is 1.24. The first kappa shape index (κ1) is 27.1. The summed E-state index contributed by atoms with van der Waals surface area (Å²) >= 11 is 5.88. The van der Waals surface area contributed by atoms with E-state index in [9.17, 15) is 17.2 Å². The third-order valence-electron chi connectivity index (χ3n) is 9.17. The third-order valence-corrected chi connectivity index (χ3v) is 11.4. The number of nitrogens with zero attached hydrogens (tertiary/aromatic N) is 3. The molecule has 4 fully saturated rings. The van der Waals surface area contributed by atoms with Crippen molar-refractivity contribution in [2.75, 3.05) is 19.6 Å². The monoisotopic (exact) mass is 576 g/mol.